The van der Waals surface area contributed by atoms with Crippen molar-refractivity contribution in [1.29, 1.82) is 5.26 Å². The number of nitrogens with one attached hydrogen (secondary N) is 2. The summed E-state index contributed by atoms with van der Waals surface area (Å²) in [7, 11) is 0. The predicted octanol–water partition coefficient (Wildman–Crippen LogP) is 3.44. The molecule has 1 heterocycles. The summed E-state index contributed by atoms with van der Waals surface area (Å²) in [5.74, 6) is 0.272. The van der Waals surface area contributed by atoms with E-state index in [2.05, 4.69) is 26.6 Å². The number of hydrogen-bond donors (Lipinski definition) is 2. The van der Waals surface area contributed by atoms with Crippen LogP contribution in [-0.4, -0.2) is 21.1 Å². The topological polar surface area (TPSA) is 94.5 Å². The van der Waals surface area contributed by atoms with Crippen LogP contribution in [0.5, 0.6) is 0 Å². The van der Waals surface area contributed by atoms with Crippen LogP contribution in [-0.2, 0) is 6.42 Å². The first-order chi connectivity index (χ1) is 11.7. The van der Waals surface area contributed by atoms with Crippen molar-refractivity contribution in [3.63, 3.8) is 0 Å². The van der Waals surface area contributed by atoms with Gasteiger partial charge in [0.05, 0.1) is 17.5 Å². The summed E-state index contributed by atoms with van der Waals surface area (Å²) in [6.45, 7) is 0. The highest BCUT2D eigenvalue weighted by Crippen LogP contribution is 2.24. The number of aromatic nitrogens is 3. The van der Waals surface area contributed by atoms with Gasteiger partial charge in [-0.15, -0.1) is 5.10 Å². The van der Waals surface area contributed by atoms with E-state index in [1.54, 1.807) is 36.4 Å². The van der Waals surface area contributed by atoms with Crippen LogP contribution in [0.15, 0.2) is 48.5 Å². The van der Waals surface area contributed by atoms with E-state index in [0.717, 1.165) is 5.56 Å². The molecule has 2 aromatic carbocycles. The third-order valence-electron chi connectivity index (χ3n) is 3.31. The maximum Gasteiger partial charge on any atom is 0.258 e. The van der Waals surface area contributed by atoms with Crippen molar-refractivity contribution in [3.8, 4) is 17.5 Å². The lowest BCUT2D eigenvalue weighted by Crippen LogP contribution is -2.13. The van der Waals surface area contributed by atoms with Crippen molar-refractivity contribution in [3.05, 3.63) is 64.7 Å². The minimum Gasteiger partial charge on any atom is -0.289 e. The van der Waals surface area contributed by atoms with Gasteiger partial charge in [-0.2, -0.15) is 10.2 Å². The molecule has 0 fully saturated rings. The molecule has 0 aliphatic carbocycles. The van der Waals surface area contributed by atoms with Crippen molar-refractivity contribution >= 4 is 23.5 Å². The number of carbonyl (C=O) groups excluding carboxylic acids is 1. The van der Waals surface area contributed by atoms with E-state index in [-0.39, 0.29) is 18.3 Å². The van der Waals surface area contributed by atoms with Gasteiger partial charge < -0.3 is 0 Å². The second kappa shape index (κ2) is 6.94. The molecule has 0 aliphatic rings. The smallest absolute Gasteiger partial charge is 0.258 e. The molecule has 0 atom stereocenters. The van der Waals surface area contributed by atoms with E-state index in [1.165, 1.54) is 0 Å². The average Bonchev–Trinajstić information content (AvgIpc) is 3.04. The normalized spacial score (nSPS) is 10.2. The predicted molar refractivity (Wildman–Crippen MR) is 90.5 cm³/mol. The Kier molecular flexibility index (Phi) is 4.54. The molecular weight excluding hydrogens is 326 g/mol. The van der Waals surface area contributed by atoms with Crippen LogP contribution < -0.4 is 5.32 Å². The molecule has 24 heavy (non-hydrogen) atoms. The summed E-state index contributed by atoms with van der Waals surface area (Å²) in [6, 6.07) is 16.1. The molecule has 0 radical (unpaired) electrons. The zero-order valence-electron chi connectivity index (χ0n) is 12.5. The third-order valence-corrected chi connectivity index (χ3v) is 3.64. The molecule has 118 valence electrons. The molecule has 0 saturated heterocycles. The molecule has 0 saturated carbocycles. The Bertz CT molecular complexity index is 928. The Morgan fingerprint density at radius 3 is 2.88 bits per heavy atom. The highest BCUT2D eigenvalue weighted by molar-refractivity contribution is 6.33. The lowest BCUT2D eigenvalue weighted by Gasteiger charge is -2.02. The van der Waals surface area contributed by atoms with E-state index >= 15 is 0 Å². The lowest BCUT2D eigenvalue weighted by molar-refractivity contribution is 0.102. The van der Waals surface area contributed by atoms with Crippen molar-refractivity contribution < 1.29 is 4.79 Å². The summed E-state index contributed by atoms with van der Waals surface area (Å²) in [6.07, 6.45) is 0.248. The first kappa shape index (κ1) is 15.7. The van der Waals surface area contributed by atoms with Gasteiger partial charge >= 0.3 is 0 Å². The number of aromatic amines is 1. The fourth-order valence-corrected chi connectivity index (χ4v) is 2.40. The first-order valence-electron chi connectivity index (χ1n) is 7.12. The van der Waals surface area contributed by atoms with Gasteiger partial charge in [-0.25, -0.2) is 0 Å². The lowest BCUT2D eigenvalue weighted by atomic mass is 10.1. The number of H-pyrrole nitrogens is 1. The maximum atomic E-state index is 12.3. The maximum absolute atomic E-state index is 12.3. The van der Waals surface area contributed by atoms with Crippen molar-refractivity contribution in [2.75, 3.05) is 5.32 Å². The van der Waals surface area contributed by atoms with Crippen molar-refractivity contribution in [2.45, 2.75) is 6.42 Å². The second-order valence-corrected chi connectivity index (χ2v) is 5.38. The minimum atomic E-state index is -0.348. The van der Waals surface area contributed by atoms with Crippen molar-refractivity contribution in [1.82, 2.24) is 15.2 Å². The Morgan fingerprint density at radius 2 is 2.08 bits per heavy atom. The Balaban J connectivity index is 1.78. The summed E-state index contributed by atoms with van der Waals surface area (Å²) in [5.41, 5.74) is 1.91. The largest absolute Gasteiger partial charge is 0.289 e. The zero-order chi connectivity index (χ0) is 16.9. The summed E-state index contributed by atoms with van der Waals surface area (Å²) in [4.78, 5) is 16.5. The Morgan fingerprint density at radius 1 is 1.25 bits per heavy atom. The van der Waals surface area contributed by atoms with Crippen LogP contribution in [0.2, 0.25) is 5.02 Å². The number of carbonyl (C=O) groups is 1. The molecule has 7 heteroatoms. The van der Waals surface area contributed by atoms with E-state index in [0.29, 0.717) is 22.0 Å². The molecule has 6 nitrogen and oxygen atoms in total. The second-order valence-electron chi connectivity index (χ2n) is 4.98. The molecular formula is C17H12ClN5O. The van der Waals surface area contributed by atoms with Gasteiger partial charge in [0.2, 0.25) is 5.95 Å². The Hall–Kier alpha value is -3.17. The average molecular weight is 338 g/mol. The van der Waals surface area contributed by atoms with Crippen LogP contribution in [0.25, 0.3) is 11.4 Å². The number of halogens is 1. The van der Waals surface area contributed by atoms with Crippen molar-refractivity contribution in [2.24, 2.45) is 0 Å². The van der Waals surface area contributed by atoms with Gasteiger partial charge in [-0.05, 0) is 29.8 Å². The molecule has 0 bridgehead atoms. The number of rotatable bonds is 4. The van der Waals surface area contributed by atoms with Gasteiger partial charge in [0.25, 0.3) is 5.91 Å². The molecule has 1 aromatic heterocycles. The quantitative estimate of drug-likeness (QED) is 0.762. The summed E-state index contributed by atoms with van der Waals surface area (Å²) < 4.78 is 0. The third kappa shape index (κ3) is 3.42. The number of benzene rings is 2. The SMILES string of the molecule is N#CCc1cccc(C(=O)Nc2n[nH]c(-c3ccccc3Cl)n2)c1. The molecule has 3 aromatic rings. The van der Waals surface area contributed by atoms with Crippen LogP contribution in [0.1, 0.15) is 15.9 Å². The monoisotopic (exact) mass is 337 g/mol. The molecule has 1 amide bonds. The molecule has 2 N–H and O–H groups in total. The fraction of sp³-hybridized carbons (Fsp3) is 0.0588. The zero-order valence-corrected chi connectivity index (χ0v) is 13.2. The number of anilines is 1. The fourth-order valence-electron chi connectivity index (χ4n) is 2.18. The number of nitrogens with zero attached hydrogens (tertiary/aromatic N) is 3. The number of nitriles is 1. The van der Waals surface area contributed by atoms with Gasteiger partial charge in [-0.3, -0.25) is 15.2 Å². The molecule has 0 unspecified atom stereocenters. The highest BCUT2D eigenvalue weighted by atomic mass is 35.5. The highest BCUT2D eigenvalue weighted by Gasteiger charge is 2.12. The number of amides is 1. The first-order valence-corrected chi connectivity index (χ1v) is 7.49. The molecule has 0 spiro atoms. The minimum absolute atomic E-state index is 0.153. The molecule has 0 aliphatic heterocycles. The summed E-state index contributed by atoms with van der Waals surface area (Å²) >= 11 is 6.12. The summed E-state index contributed by atoms with van der Waals surface area (Å²) in [5, 5.41) is 18.6. The standard InChI is InChI=1S/C17H12ClN5O/c18-14-7-2-1-6-13(14)15-20-17(23-22-15)21-16(24)12-5-3-4-11(10-12)8-9-19/h1-7,10H,8H2,(H2,20,21,22,23,24). The van der Waals surface area contributed by atoms with Crippen LogP contribution >= 0.6 is 11.6 Å². The van der Waals surface area contributed by atoms with E-state index < -0.39 is 0 Å². The van der Waals surface area contributed by atoms with E-state index in [4.69, 9.17) is 16.9 Å². The van der Waals surface area contributed by atoms with Gasteiger partial charge in [0, 0.05) is 11.1 Å². The van der Waals surface area contributed by atoms with Crippen LogP contribution in [0.4, 0.5) is 5.95 Å². The number of hydrogen-bond acceptors (Lipinski definition) is 4. The van der Waals surface area contributed by atoms with E-state index in [1.807, 2.05) is 12.1 Å². The van der Waals surface area contributed by atoms with Crippen LogP contribution in [0, 0.1) is 11.3 Å². The van der Waals surface area contributed by atoms with E-state index in [9.17, 15) is 4.79 Å². The van der Waals surface area contributed by atoms with Crippen LogP contribution in [0.3, 0.4) is 0 Å². The van der Waals surface area contributed by atoms with Gasteiger partial charge in [0.1, 0.15) is 0 Å². The Labute approximate surface area is 143 Å². The molecule has 3 rings (SSSR count). The van der Waals surface area contributed by atoms with Gasteiger partial charge in [0.15, 0.2) is 5.82 Å². The van der Waals surface area contributed by atoms with Gasteiger partial charge in [-0.1, -0.05) is 35.9 Å².